The third-order valence-corrected chi connectivity index (χ3v) is 4.42. The summed E-state index contributed by atoms with van der Waals surface area (Å²) in [6.07, 6.45) is -8.82. The highest BCUT2D eigenvalue weighted by molar-refractivity contribution is 6.47. The molecule has 0 aromatic heterocycles. The molecule has 1 amide bonds. The minimum atomic E-state index is -4.35. The number of fused-ring (bicyclic) bond motifs is 1. The SMILES string of the molecule is CC(C)OC(=O)OC(C)OC(=O)c1cccc2c1OB(O)[C@@H](NC(=O)CCCC(F)(F)F)C2. The van der Waals surface area contributed by atoms with Gasteiger partial charge >= 0.3 is 25.4 Å². The van der Waals surface area contributed by atoms with E-state index in [4.69, 9.17) is 18.9 Å². The topological polar surface area (TPSA) is 120 Å². The number of alkyl halides is 3. The number of halogens is 3. The predicted octanol–water partition coefficient (Wildman–Crippen LogP) is 2.92. The van der Waals surface area contributed by atoms with Crippen LogP contribution < -0.4 is 9.97 Å². The Balaban J connectivity index is 1.99. The normalized spacial score (nSPS) is 16.4. The fraction of sp³-hybridized carbons (Fsp3) is 0.550. The van der Waals surface area contributed by atoms with Crippen molar-refractivity contribution in [1.29, 1.82) is 0 Å². The fourth-order valence-electron chi connectivity index (χ4n) is 3.03. The minimum Gasteiger partial charge on any atom is -0.534 e. The first-order valence-corrected chi connectivity index (χ1v) is 10.3. The molecule has 13 heteroatoms. The van der Waals surface area contributed by atoms with Gasteiger partial charge in [0.05, 0.1) is 12.0 Å². The highest BCUT2D eigenvalue weighted by Crippen LogP contribution is 2.31. The van der Waals surface area contributed by atoms with Crippen LogP contribution in [0.1, 0.15) is 56.0 Å². The van der Waals surface area contributed by atoms with Crippen molar-refractivity contribution in [3.05, 3.63) is 29.3 Å². The number of para-hydroxylation sites is 1. The van der Waals surface area contributed by atoms with Gasteiger partial charge in [-0.3, -0.25) is 4.79 Å². The van der Waals surface area contributed by atoms with Gasteiger partial charge in [-0.25, -0.2) is 9.59 Å². The molecule has 1 unspecified atom stereocenters. The van der Waals surface area contributed by atoms with Crippen molar-refractivity contribution in [3.63, 3.8) is 0 Å². The maximum atomic E-state index is 12.5. The molecular formula is C20H25BF3NO8. The van der Waals surface area contributed by atoms with E-state index in [1.165, 1.54) is 19.1 Å². The molecule has 2 atom stereocenters. The molecule has 0 aliphatic carbocycles. The molecule has 0 bridgehead atoms. The summed E-state index contributed by atoms with van der Waals surface area (Å²) in [5.74, 6) is -2.45. The van der Waals surface area contributed by atoms with Crippen molar-refractivity contribution in [2.45, 2.75) is 71.0 Å². The van der Waals surface area contributed by atoms with E-state index in [1.54, 1.807) is 19.9 Å². The quantitative estimate of drug-likeness (QED) is 0.335. The van der Waals surface area contributed by atoms with Crippen molar-refractivity contribution < 1.29 is 51.4 Å². The second-order valence-electron chi connectivity index (χ2n) is 7.66. The van der Waals surface area contributed by atoms with Crippen molar-refractivity contribution in [3.8, 4) is 5.75 Å². The van der Waals surface area contributed by atoms with Crippen LogP contribution in [0.25, 0.3) is 0 Å². The first-order chi connectivity index (χ1) is 15.4. The largest absolute Gasteiger partial charge is 0.547 e. The molecule has 1 aliphatic rings. The van der Waals surface area contributed by atoms with Crippen molar-refractivity contribution in [2.75, 3.05) is 0 Å². The van der Waals surface area contributed by atoms with Gasteiger partial charge in [0.1, 0.15) is 11.3 Å². The lowest BCUT2D eigenvalue weighted by molar-refractivity contribution is -0.137. The Kier molecular flexibility index (Phi) is 8.97. The van der Waals surface area contributed by atoms with Gasteiger partial charge in [-0.2, -0.15) is 13.2 Å². The molecule has 0 radical (unpaired) electrons. The second-order valence-corrected chi connectivity index (χ2v) is 7.66. The number of nitrogens with one attached hydrogen (secondary N) is 1. The molecule has 1 aromatic rings. The Bertz CT molecular complexity index is 864. The first-order valence-electron chi connectivity index (χ1n) is 10.3. The fourth-order valence-corrected chi connectivity index (χ4v) is 3.03. The average Bonchev–Trinajstić information content (AvgIpc) is 2.66. The van der Waals surface area contributed by atoms with Gasteiger partial charge < -0.3 is 29.2 Å². The van der Waals surface area contributed by atoms with Crippen LogP contribution in [0.4, 0.5) is 18.0 Å². The standard InChI is InChI=1S/C20H25BF3NO8/c1-11(2)30-19(28)32-12(3)31-18(27)14-7-4-6-13-10-15(21(29)33-17(13)14)25-16(26)8-5-9-20(22,23)24/h4,6-7,11-12,15,29H,5,8-10H2,1-3H3,(H,25,26)/t12?,15-/m0/s1. The Labute approximate surface area is 188 Å². The van der Waals surface area contributed by atoms with E-state index < -0.39 is 56.1 Å². The average molecular weight is 475 g/mol. The van der Waals surface area contributed by atoms with Gasteiger partial charge in [-0.05, 0) is 38.3 Å². The minimum absolute atomic E-state index is 0.0227. The van der Waals surface area contributed by atoms with E-state index in [0.29, 0.717) is 5.56 Å². The molecule has 2 rings (SSSR count). The van der Waals surface area contributed by atoms with E-state index in [9.17, 15) is 32.6 Å². The maximum Gasteiger partial charge on any atom is 0.547 e. The van der Waals surface area contributed by atoms with E-state index >= 15 is 0 Å². The lowest BCUT2D eigenvalue weighted by Gasteiger charge is -2.29. The summed E-state index contributed by atoms with van der Waals surface area (Å²) in [5.41, 5.74) is 0.414. The van der Waals surface area contributed by atoms with E-state index in [2.05, 4.69) is 5.32 Å². The van der Waals surface area contributed by atoms with Gasteiger partial charge in [0.25, 0.3) is 0 Å². The number of rotatable bonds is 8. The zero-order chi connectivity index (χ0) is 24.8. The van der Waals surface area contributed by atoms with Gasteiger partial charge in [0.2, 0.25) is 12.2 Å². The van der Waals surface area contributed by atoms with Crippen LogP contribution in [-0.4, -0.2) is 54.7 Å². The lowest BCUT2D eigenvalue weighted by atomic mass is 9.72. The number of hydrogen-bond donors (Lipinski definition) is 2. The molecule has 9 nitrogen and oxygen atoms in total. The molecule has 0 fully saturated rings. The lowest BCUT2D eigenvalue weighted by Crippen LogP contribution is -2.53. The van der Waals surface area contributed by atoms with Crippen LogP contribution in [-0.2, 0) is 25.4 Å². The van der Waals surface area contributed by atoms with Gasteiger partial charge in [-0.15, -0.1) is 0 Å². The van der Waals surface area contributed by atoms with E-state index in [-0.39, 0.29) is 30.6 Å². The summed E-state index contributed by atoms with van der Waals surface area (Å²) in [4.78, 5) is 36.0. The molecule has 0 saturated heterocycles. The summed E-state index contributed by atoms with van der Waals surface area (Å²) in [5, 5.41) is 12.7. The van der Waals surface area contributed by atoms with E-state index in [1.807, 2.05) is 0 Å². The summed E-state index contributed by atoms with van der Waals surface area (Å²) in [6.45, 7) is 4.55. The van der Waals surface area contributed by atoms with Crippen LogP contribution in [0.3, 0.4) is 0 Å². The second kappa shape index (κ2) is 11.3. The number of carbonyl (C=O) groups excluding carboxylic acids is 3. The molecular weight excluding hydrogens is 450 g/mol. The molecule has 33 heavy (non-hydrogen) atoms. The molecule has 0 saturated carbocycles. The number of ether oxygens (including phenoxy) is 3. The van der Waals surface area contributed by atoms with E-state index in [0.717, 1.165) is 0 Å². The summed E-state index contributed by atoms with van der Waals surface area (Å²) in [7, 11) is -1.55. The van der Waals surface area contributed by atoms with Crippen LogP contribution in [0, 0.1) is 0 Å². The summed E-state index contributed by atoms with van der Waals surface area (Å²) >= 11 is 0. The summed E-state index contributed by atoms with van der Waals surface area (Å²) in [6, 6.07) is 4.50. The Morgan fingerprint density at radius 3 is 2.55 bits per heavy atom. The van der Waals surface area contributed by atoms with Crippen molar-refractivity contribution >= 4 is 25.2 Å². The number of hydrogen-bond acceptors (Lipinski definition) is 8. The molecule has 182 valence electrons. The zero-order valence-corrected chi connectivity index (χ0v) is 18.3. The molecule has 1 aliphatic heterocycles. The van der Waals surface area contributed by atoms with Crippen LogP contribution in [0.5, 0.6) is 5.75 Å². The zero-order valence-electron chi connectivity index (χ0n) is 18.3. The van der Waals surface area contributed by atoms with Gasteiger partial charge in [-0.1, -0.05) is 12.1 Å². The molecule has 0 spiro atoms. The third-order valence-electron chi connectivity index (χ3n) is 4.42. The number of amides is 1. The van der Waals surface area contributed by atoms with Crippen molar-refractivity contribution in [1.82, 2.24) is 5.32 Å². The highest BCUT2D eigenvalue weighted by Gasteiger charge is 2.38. The first kappa shape index (κ1) is 26.3. The monoisotopic (exact) mass is 475 g/mol. The highest BCUT2D eigenvalue weighted by atomic mass is 19.4. The third kappa shape index (κ3) is 8.48. The predicted molar refractivity (Wildman–Crippen MR) is 108 cm³/mol. The van der Waals surface area contributed by atoms with Crippen molar-refractivity contribution in [2.24, 2.45) is 0 Å². The molecule has 2 N–H and O–H groups in total. The van der Waals surface area contributed by atoms with Gasteiger partial charge in [0.15, 0.2) is 0 Å². The Hall–Kier alpha value is -2.96. The maximum absolute atomic E-state index is 12.5. The van der Waals surface area contributed by atoms with Crippen LogP contribution >= 0.6 is 0 Å². The smallest absolute Gasteiger partial charge is 0.534 e. The Morgan fingerprint density at radius 2 is 1.91 bits per heavy atom. The summed E-state index contributed by atoms with van der Waals surface area (Å²) < 4.78 is 56.8. The number of esters is 1. The Morgan fingerprint density at radius 1 is 1.21 bits per heavy atom. The van der Waals surface area contributed by atoms with Gasteiger partial charge in [0, 0.05) is 19.8 Å². The van der Waals surface area contributed by atoms with Crippen LogP contribution in [0.15, 0.2) is 18.2 Å². The molecule has 1 heterocycles. The number of carbonyl (C=O) groups is 3. The molecule has 1 aromatic carbocycles. The van der Waals surface area contributed by atoms with Crippen LogP contribution in [0.2, 0.25) is 0 Å². The number of benzene rings is 1.